The number of nitrogens with one attached hydrogen (secondary N) is 2. The third-order valence-corrected chi connectivity index (χ3v) is 3.81. The summed E-state index contributed by atoms with van der Waals surface area (Å²) in [6.07, 6.45) is 1.98. The Kier molecular flexibility index (Phi) is 4.90. The lowest BCUT2D eigenvalue weighted by molar-refractivity contribution is -0.134. The normalized spacial score (nSPS) is 14.9. The van der Waals surface area contributed by atoms with E-state index in [1.807, 2.05) is 6.92 Å². The maximum absolute atomic E-state index is 12.5. The van der Waals surface area contributed by atoms with Crippen molar-refractivity contribution >= 4 is 17.5 Å². The zero-order valence-electron chi connectivity index (χ0n) is 13.2. The Bertz CT molecular complexity index is 567. The fourth-order valence-electron chi connectivity index (χ4n) is 2.24. The summed E-state index contributed by atoms with van der Waals surface area (Å²) in [6.45, 7) is 2.55. The smallest absolute Gasteiger partial charge is 0.240 e. The molecule has 0 radical (unpaired) electrons. The second-order valence-corrected chi connectivity index (χ2v) is 5.36. The molecule has 0 aliphatic heterocycles. The van der Waals surface area contributed by atoms with E-state index in [-0.39, 0.29) is 11.8 Å². The molecular formula is C16H22N2O4. The summed E-state index contributed by atoms with van der Waals surface area (Å²) in [5, 5.41) is 5.59. The third-order valence-electron chi connectivity index (χ3n) is 3.81. The van der Waals surface area contributed by atoms with E-state index in [2.05, 4.69) is 10.6 Å². The Labute approximate surface area is 130 Å². The zero-order valence-corrected chi connectivity index (χ0v) is 13.2. The van der Waals surface area contributed by atoms with Crippen LogP contribution in [0.1, 0.15) is 26.2 Å². The van der Waals surface area contributed by atoms with Gasteiger partial charge >= 0.3 is 0 Å². The summed E-state index contributed by atoms with van der Waals surface area (Å²) >= 11 is 0. The summed E-state index contributed by atoms with van der Waals surface area (Å²) in [5.74, 6) is 0.636. The molecule has 1 aromatic carbocycles. The minimum atomic E-state index is -0.941. The molecule has 120 valence electrons. The molecule has 0 spiro atoms. The molecule has 0 saturated heterocycles. The Morgan fingerprint density at radius 2 is 1.91 bits per heavy atom. The summed E-state index contributed by atoms with van der Waals surface area (Å²) < 4.78 is 10.4. The largest absolute Gasteiger partial charge is 0.497 e. The van der Waals surface area contributed by atoms with Gasteiger partial charge in [0.25, 0.3) is 0 Å². The monoisotopic (exact) mass is 306 g/mol. The van der Waals surface area contributed by atoms with Crippen molar-refractivity contribution in [1.82, 2.24) is 5.32 Å². The Balaban J connectivity index is 2.13. The maximum atomic E-state index is 12.5. The van der Waals surface area contributed by atoms with Gasteiger partial charge < -0.3 is 20.1 Å². The van der Waals surface area contributed by atoms with Gasteiger partial charge in [-0.3, -0.25) is 9.59 Å². The first-order chi connectivity index (χ1) is 10.6. The highest BCUT2D eigenvalue weighted by Crippen LogP contribution is 2.47. The molecule has 6 heteroatoms. The van der Waals surface area contributed by atoms with Crippen LogP contribution in [0.15, 0.2) is 18.2 Å². The second-order valence-electron chi connectivity index (χ2n) is 5.36. The Morgan fingerprint density at radius 3 is 2.45 bits per heavy atom. The zero-order chi connectivity index (χ0) is 16.2. The average Bonchev–Trinajstić information content (AvgIpc) is 3.34. The number of ether oxygens (including phenoxy) is 2. The first-order valence-corrected chi connectivity index (χ1v) is 7.39. The topological polar surface area (TPSA) is 76.7 Å². The van der Waals surface area contributed by atoms with Crippen molar-refractivity contribution in [3.63, 3.8) is 0 Å². The van der Waals surface area contributed by atoms with E-state index in [0.717, 1.165) is 6.42 Å². The lowest BCUT2D eigenvalue weighted by atomic mass is 10.0. The summed E-state index contributed by atoms with van der Waals surface area (Å²) in [6, 6.07) is 5.14. The standard InChI is InChI=1S/C16H22N2O4/c1-4-9-17-14(19)16(7-8-16)15(20)18-12-10-11(21-2)5-6-13(12)22-3/h5-6,10H,4,7-9H2,1-3H3,(H,17,19)(H,18,20). The fraction of sp³-hybridized carbons (Fsp3) is 0.500. The molecule has 0 unspecified atom stereocenters. The van der Waals surface area contributed by atoms with Crippen molar-refractivity contribution in [3.05, 3.63) is 18.2 Å². The highest BCUT2D eigenvalue weighted by atomic mass is 16.5. The molecule has 0 heterocycles. The van der Waals surface area contributed by atoms with Crippen molar-refractivity contribution < 1.29 is 19.1 Å². The van der Waals surface area contributed by atoms with Gasteiger partial charge in [-0.25, -0.2) is 0 Å². The highest BCUT2D eigenvalue weighted by molar-refractivity contribution is 6.13. The lowest BCUT2D eigenvalue weighted by Gasteiger charge is -2.17. The van der Waals surface area contributed by atoms with Gasteiger partial charge in [0.1, 0.15) is 16.9 Å². The number of rotatable bonds is 7. The predicted octanol–water partition coefficient (Wildman–Crippen LogP) is 1.95. The lowest BCUT2D eigenvalue weighted by Crippen LogP contribution is -2.40. The van der Waals surface area contributed by atoms with Crippen LogP contribution in [-0.4, -0.2) is 32.6 Å². The van der Waals surface area contributed by atoms with E-state index >= 15 is 0 Å². The molecule has 2 rings (SSSR count). The molecule has 22 heavy (non-hydrogen) atoms. The molecule has 1 fully saturated rings. The number of anilines is 1. The first-order valence-electron chi connectivity index (χ1n) is 7.39. The highest BCUT2D eigenvalue weighted by Gasteiger charge is 2.56. The first kappa shape index (κ1) is 16.1. The molecular weight excluding hydrogens is 284 g/mol. The van der Waals surface area contributed by atoms with Gasteiger partial charge in [-0.2, -0.15) is 0 Å². The van der Waals surface area contributed by atoms with Gasteiger partial charge in [-0.15, -0.1) is 0 Å². The van der Waals surface area contributed by atoms with Crippen LogP contribution in [0.25, 0.3) is 0 Å². The Morgan fingerprint density at radius 1 is 1.18 bits per heavy atom. The SMILES string of the molecule is CCCNC(=O)C1(C(=O)Nc2cc(OC)ccc2OC)CC1. The van der Waals surface area contributed by atoms with Crippen molar-refractivity contribution in [1.29, 1.82) is 0 Å². The summed E-state index contributed by atoms with van der Waals surface area (Å²) in [7, 11) is 3.08. The van der Waals surface area contributed by atoms with Crippen LogP contribution in [0, 0.1) is 5.41 Å². The quantitative estimate of drug-likeness (QED) is 0.755. The van der Waals surface area contributed by atoms with Gasteiger partial charge in [0.15, 0.2) is 0 Å². The van der Waals surface area contributed by atoms with E-state index < -0.39 is 5.41 Å². The van der Waals surface area contributed by atoms with E-state index in [0.29, 0.717) is 36.6 Å². The second kappa shape index (κ2) is 6.68. The third kappa shape index (κ3) is 3.16. The number of hydrogen-bond acceptors (Lipinski definition) is 4. The van der Waals surface area contributed by atoms with Crippen LogP contribution >= 0.6 is 0 Å². The van der Waals surface area contributed by atoms with E-state index in [1.54, 1.807) is 25.3 Å². The minimum Gasteiger partial charge on any atom is -0.497 e. The van der Waals surface area contributed by atoms with E-state index in [1.165, 1.54) is 7.11 Å². The number of hydrogen-bond donors (Lipinski definition) is 2. The molecule has 1 aliphatic carbocycles. The maximum Gasteiger partial charge on any atom is 0.240 e. The fourth-order valence-corrected chi connectivity index (χ4v) is 2.24. The van der Waals surface area contributed by atoms with Crippen LogP contribution < -0.4 is 20.1 Å². The number of carbonyl (C=O) groups excluding carboxylic acids is 2. The van der Waals surface area contributed by atoms with Gasteiger partial charge in [-0.1, -0.05) is 6.92 Å². The summed E-state index contributed by atoms with van der Waals surface area (Å²) in [5.41, 5.74) is -0.440. The molecule has 0 atom stereocenters. The average molecular weight is 306 g/mol. The number of methoxy groups -OCH3 is 2. The van der Waals surface area contributed by atoms with Gasteiger partial charge in [-0.05, 0) is 31.4 Å². The molecule has 1 aliphatic rings. The van der Waals surface area contributed by atoms with Crippen molar-refractivity contribution in [2.45, 2.75) is 26.2 Å². The van der Waals surface area contributed by atoms with Gasteiger partial charge in [0, 0.05) is 12.6 Å². The van der Waals surface area contributed by atoms with Crippen LogP contribution in [0.3, 0.4) is 0 Å². The van der Waals surface area contributed by atoms with E-state index in [9.17, 15) is 9.59 Å². The van der Waals surface area contributed by atoms with E-state index in [4.69, 9.17) is 9.47 Å². The van der Waals surface area contributed by atoms with Crippen LogP contribution in [0.2, 0.25) is 0 Å². The van der Waals surface area contributed by atoms with Crippen molar-refractivity contribution in [3.8, 4) is 11.5 Å². The summed E-state index contributed by atoms with van der Waals surface area (Å²) in [4.78, 5) is 24.7. The number of carbonyl (C=O) groups is 2. The molecule has 1 aromatic rings. The van der Waals surface area contributed by atoms with Crippen LogP contribution in [0.4, 0.5) is 5.69 Å². The van der Waals surface area contributed by atoms with Crippen molar-refractivity contribution in [2.24, 2.45) is 5.41 Å². The predicted molar refractivity (Wildman–Crippen MR) is 83.1 cm³/mol. The molecule has 2 amide bonds. The van der Waals surface area contributed by atoms with Crippen molar-refractivity contribution in [2.75, 3.05) is 26.1 Å². The Hall–Kier alpha value is -2.24. The minimum absolute atomic E-state index is 0.200. The van der Waals surface area contributed by atoms with Crippen LogP contribution in [0.5, 0.6) is 11.5 Å². The molecule has 0 bridgehead atoms. The van der Waals surface area contributed by atoms with Gasteiger partial charge in [0.2, 0.25) is 11.8 Å². The molecule has 1 saturated carbocycles. The molecule has 6 nitrogen and oxygen atoms in total. The number of amides is 2. The van der Waals surface area contributed by atoms with Gasteiger partial charge in [0.05, 0.1) is 19.9 Å². The van der Waals surface area contributed by atoms with Crippen LogP contribution in [-0.2, 0) is 9.59 Å². The number of benzene rings is 1. The molecule has 2 N–H and O–H groups in total. The molecule has 0 aromatic heterocycles.